The summed E-state index contributed by atoms with van der Waals surface area (Å²) in [5.74, 6) is 8.36. The van der Waals surface area contributed by atoms with E-state index in [0.717, 1.165) is 36.2 Å². The Kier molecular flexibility index (Phi) is 7.33. The van der Waals surface area contributed by atoms with Crippen molar-refractivity contribution in [3.8, 4) is 23.3 Å². The molecule has 0 spiro atoms. The number of nitrogens with two attached hydrogens (primary N) is 1. The molecule has 5 rings (SSSR count). The van der Waals surface area contributed by atoms with E-state index in [1.54, 1.807) is 14.0 Å². The van der Waals surface area contributed by atoms with Gasteiger partial charge in [-0.15, -0.1) is 5.92 Å². The molecule has 1 amide bonds. The number of amides is 1. The number of nitrogens with one attached hydrogen (secondary N) is 2. The van der Waals surface area contributed by atoms with Crippen molar-refractivity contribution in [2.45, 2.75) is 39.3 Å². The Morgan fingerprint density at radius 3 is 2.87 bits per heavy atom. The van der Waals surface area contributed by atoms with E-state index in [-0.39, 0.29) is 18.5 Å². The lowest BCUT2D eigenvalue weighted by Crippen LogP contribution is -2.44. The molecule has 2 aliphatic rings. The molecule has 1 saturated heterocycles. The van der Waals surface area contributed by atoms with Gasteiger partial charge in [0.05, 0.1) is 18.8 Å². The number of rotatable bonds is 6. The molecule has 1 unspecified atom stereocenters. The molecule has 9 nitrogen and oxygen atoms in total. The number of hydrogen-bond donors (Lipinski definition) is 3. The minimum Gasteiger partial charge on any atom is -0.454 e. The molecular weight excluding hydrogens is 478 g/mol. The Morgan fingerprint density at radius 2 is 2.08 bits per heavy atom. The zero-order chi connectivity index (χ0) is 26.6. The van der Waals surface area contributed by atoms with Crippen LogP contribution in [0.2, 0.25) is 0 Å². The van der Waals surface area contributed by atoms with Crippen LogP contribution in [0.25, 0.3) is 0 Å². The number of benzene rings is 2. The lowest BCUT2D eigenvalue weighted by Gasteiger charge is -2.31. The van der Waals surface area contributed by atoms with Gasteiger partial charge in [0.2, 0.25) is 5.95 Å². The third kappa shape index (κ3) is 5.08. The predicted molar refractivity (Wildman–Crippen MR) is 151 cm³/mol. The third-order valence-corrected chi connectivity index (χ3v) is 6.76. The van der Waals surface area contributed by atoms with Gasteiger partial charge >= 0.3 is 0 Å². The number of fused-ring (bicyclic) bond motifs is 2. The molecule has 3 aromatic rings. The van der Waals surface area contributed by atoms with Crippen molar-refractivity contribution in [1.29, 1.82) is 0 Å². The molecule has 1 fully saturated rings. The minimum absolute atomic E-state index is 0.0727. The number of piperidine rings is 1. The number of anilines is 2. The molecular formula is C29H33N7O2. The summed E-state index contributed by atoms with van der Waals surface area (Å²) >= 11 is 0. The van der Waals surface area contributed by atoms with Crippen LogP contribution in [-0.2, 0) is 6.54 Å². The first-order valence-corrected chi connectivity index (χ1v) is 12.9. The van der Waals surface area contributed by atoms with E-state index >= 15 is 0 Å². The maximum absolute atomic E-state index is 13.7. The molecule has 196 valence electrons. The molecule has 2 aromatic carbocycles. The van der Waals surface area contributed by atoms with E-state index in [0.29, 0.717) is 47.8 Å². The van der Waals surface area contributed by atoms with Crippen molar-refractivity contribution in [2.24, 2.45) is 10.7 Å². The van der Waals surface area contributed by atoms with Crippen molar-refractivity contribution in [2.75, 3.05) is 36.9 Å². The Hall–Kier alpha value is -4.29. The van der Waals surface area contributed by atoms with Crippen molar-refractivity contribution < 1.29 is 9.53 Å². The summed E-state index contributed by atoms with van der Waals surface area (Å²) in [7, 11) is 1.77. The normalized spacial score (nSPS) is 16.2. The highest BCUT2D eigenvalue weighted by Crippen LogP contribution is 2.38. The van der Waals surface area contributed by atoms with Crippen LogP contribution in [0.1, 0.15) is 41.4 Å². The summed E-state index contributed by atoms with van der Waals surface area (Å²) < 4.78 is 8.05. The predicted octanol–water partition coefficient (Wildman–Crippen LogP) is 3.84. The fourth-order valence-electron chi connectivity index (χ4n) is 4.89. The van der Waals surface area contributed by atoms with Crippen molar-refractivity contribution >= 4 is 29.1 Å². The first kappa shape index (κ1) is 25.4. The second-order valence-electron chi connectivity index (χ2n) is 9.53. The molecule has 0 saturated carbocycles. The van der Waals surface area contributed by atoms with Gasteiger partial charge in [-0.2, -0.15) is 4.98 Å². The highest BCUT2D eigenvalue weighted by atomic mass is 16.5. The van der Waals surface area contributed by atoms with Crippen molar-refractivity contribution in [3.63, 3.8) is 0 Å². The number of hydrogen-bond acceptors (Lipinski definition) is 7. The molecule has 0 aliphatic carbocycles. The van der Waals surface area contributed by atoms with Gasteiger partial charge in [0.15, 0.2) is 17.3 Å². The Balaban J connectivity index is 1.48. The minimum atomic E-state index is -0.262. The fourth-order valence-corrected chi connectivity index (χ4v) is 4.89. The number of carbonyl (C=O) groups excluding carboxylic acids is 1. The van der Waals surface area contributed by atoms with E-state index in [2.05, 4.69) is 27.4 Å². The highest BCUT2D eigenvalue weighted by Gasteiger charge is 2.28. The molecule has 1 aromatic heterocycles. The second-order valence-corrected chi connectivity index (χ2v) is 9.53. The van der Waals surface area contributed by atoms with Gasteiger partial charge in [-0.05, 0) is 56.5 Å². The Morgan fingerprint density at radius 1 is 1.24 bits per heavy atom. The SMILES string of the molecule is CC#CCn1c(N2CCCC(N)C2)nc(NC)c1C(=O)NCC1=Nc2cc(C)ccc2Oc2ccccc21. The number of imidazole rings is 1. The summed E-state index contributed by atoms with van der Waals surface area (Å²) in [6.07, 6.45) is 1.96. The number of carbonyl (C=O) groups is 1. The van der Waals surface area contributed by atoms with Crippen LogP contribution in [-0.4, -0.2) is 53.9 Å². The summed E-state index contributed by atoms with van der Waals surface area (Å²) in [6.45, 7) is 5.88. The smallest absolute Gasteiger partial charge is 0.272 e. The maximum atomic E-state index is 13.7. The number of aliphatic imine (C=N–C) groups is 1. The summed E-state index contributed by atoms with van der Waals surface area (Å²) in [4.78, 5) is 25.6. The number of aryl methyl sites for hydroxylation is 1. The monoisotopic (exact) mass is 511 g/mol. The molecule has 1 atom stereocenters. The summed E-state index contributed by atoms with van der Waals surface area (Å²) in [5.41, 5.74) is 10.0. The molecule has 9 heteroatoms. The van der Waals surface area contributed by atoms with Crippen LogP contribution in [0, 0.1) is 18.8 Å². The fraction of sp³-hybridized carbons (Fsp3) is 0.345. The number of ether oxygens (including phenoxy) is 1. The average Bonchev–Trinajstić information content (AvgIpc) is 3.22. The zero-order valence-corrected chi connectivity index (χ0v) is 22.0. The quantitative estimate of drug-likeness (QED) is 0.434. The van der Waals surface area contributed by atoms with Gasteiger partial charge in [-0.25, -0.2) is 4.99 Å². The largest absolute Gasteiger partial charge is 0.454 e. The maximum Gasteiger partial charge on any atom is 0.272 e. The first-order valence-electron chi connectivity index (χ1n) is 12.9. The summed E-state index contributed by atoms with van der Waals surface area (Å²) in [5, 5.41) is 6.18. The Bertz CT molecular complexity index is 1450. The van der Waals surface area contributed by atoms with E-state index in [4.69, 9.17) is 20.4 Å². The average molecular weight is 512 g/mol. The number of nitrogens with zero attached hydrogens (tertiary/aromatic N) is 4. The molecule has 38 heavy (non-hydrogen) atoms. The first-order chi connectivity index (χ1) is 18.5. The van der Waals surface area contributed by atoms with Crippen LogP contribution in [0.15, 0.2) is 47.5 Å². The number of para-hydroxylation sites is 1. The van der Waals surface area contributed by atoms with Gasteiger partial charge in [-0.3, -0.25) is 9.36 Å². The van der Waals surface area contributed by atoms with Crippen LogP contribution in [0.5, 0.6) is 11.5 Å². The topological polar surface area (TPSA) is 110 Å². The molecule has 4 N–H and O–H groups in total. The van der Waals surface area contributed by atoms with Gasteiger partial charge in [0.25, 0.3) is 5.91 Å². The van der Waals surface area contributed by atoms with E-state index in [9.17, 15) is 4.79 Å². The zero-order valence-electron chi connectivity index (χ0n) is 22.0. The van der Waals surface area contributed by atoms with E-state index in [1.807, 2.05) is 54.0 Å². The summed E-state index contributed by atoms with van der Waals surface area (Å²) in [6, 6.07) is 13.7. The van der Waals surface area contributed by atoms with Crippen LogP contribution in [0.4, 0.5) is 17.5 Å². The van der Waals surface area contributed by atoms with Gasteiger partial charge in [0.1, 0.15) is 11.4 Å². The third-order valence-electron chi connectivity index (χ3n) is 6.76. The van der Waals surface area contributed by atoms with Gasteiger partial charge < -0.3 is 26.0 Å². The van der Waals surface area contributed by atoms with Crippen molar-refractivity contribution in [1.82, 2.24) is 14.9 Å². The van der Waals surface area contributed by atoms with Crippen LogP contribution < -0.4 is 26.0 Å². The molecule has 3 heterocycles. The standard InChI is InChI=1S/C29H33N7O2/c1-4-5-15-36-26(27(31-3)34-29(36)35-14-8-9-20(30)18-35)28(37)32-17-23-21-10-6-7-11-24(21)38-25-13-12-19(2)16-22(25)33-23/h6-7,10-13,16,20,31H,8-9,14-15,17-18,30H2,1-3H3,(H,32,37). The van der Waals surface area contributed by atoms with Gasteiger partial charge in [-0.1, -0.05) is 24.1 Å². The van der Waals surface area contributed by atoms with Crippen molar-refractivity contribution in [3.05, 3.63) is 59.3 Å². The highest BCUT2D eigenvalue weighted by molar-refractivity contribution is 6.09. The Labute approximate surface area is 223 Å². The lowest BCUT2D eigenvalue weighted by molar-refractivity contribution is 0.0951. The van der Waals surface area contributed by atoms with Crippen LogP contribution >= 0.6 is 0 Å². The van der Waals surface area contributed by atoms with E-state index < -0.39 is 0 Å². The van der Waals surface area contributed by atoms with Gasteiger partial charge in [0, 0.05) is 31.7 Å². The second kappa shape index (κ2) is 11.0. The molecule has 2 aliphatic heterocycles. The molecule has 0 bridgehead atoms. The number of aromatic nitrogens is 2. The van der Waals surface area contributed by atoms with E-state index in [1.165, 1.54) is 0 Å². The van der Waals surface area contributed by atoms with Crippen LogP contribution in [0.3, 0.4) is 0 Å². The molecule has 0 radical (unpaired) electrons. The lowest BCUT2D eigenvalue weighted by atomic mass is 10.1.